The van der Waals surface area contributed by atoms with Gasteiger partial charge in [0.25, 0.3) is 0 Å². The number of H-pyrrole nitrogens is 1. The highest BCUT2D eigenvalue weighted by Crippen LogP contribution is 2.28. The van der Waals surface area contributed by atoms with Crippen LogP contribution in [0.2, 0.25) is 0 Å². The van der Waals surface area contributed by atoms with Gasteiger partial charge in [-0.05, 0) is 64.0 Å². The molecule has 1 aromatic carbocycles. The first-order valence-electron chi connectivity index (χ1n) is 6.44. The van der Waals surface area contributed by atoms with E-state index in [9.17, 15) is 4.79 Å². The summed E-state index contributed by atoms with van der Waals surface area (Å²) >= 11 is 0. The lowest BCUT2D eigenvalue weighted by Crippen LogP contribution is -2.00. The zero-order chi connectivity index (χ0) is 14.2. The summed E-state index contributed by atoms with van der Waals surface area (Å²) in [6.07, 6.45) is 1.61. The van der Waals surface area contributed by atoms with E-state index in [2.05, 4.69) is 43.2 Å². The van der Waals surface area contributed by atoms with Gasteiger partial charge in [0.15, 0.2) is 5.78 Å². The molecule has 0 spiro atoms. The number of rotatable bonds is 3. The fraction of sp³-hybridized carbons (Fsp3) is 0.312. The van der Waals surface area contributed by atoms with Gasteiger partial charge in [-0.15, -0.1) is 0 Å². The number of hydrogen-bond acceptors (Lipinski definition) is 2. The first-order valence-corrected chi connectivity index (χ1v) is 6.44. The molecule has 2 aromatic rings. The number of allylic oxidation sites excluding steroid dienone is 2. The van der Waals surface area contributed by atoms with E-state index in [4.69, 9.17) is 0 Å². The average Bonchev–Trinajstić information content (AvgIpc) is 2.55. The van der Waals surface area contributed by atoms with Crippen LogP contribution in [0, 0.1) is 20.8 Å². The third kappa shape index (κ3) is 2.70. The predicted octanol–water partition coefficient (Wildman–Crippen LogP) is 4.00. The summed E-state index contributed by atoms with van der Waals surface area (Å²) in [7, 11) is 0. The molecule has 0 saturated heterocycles. The summed E-state index contributed by atoms with van der Waals surface area (Å²) in [5.41, 5.74) is 6.69. The topological polar surface area (TPSA) is 44.9 Å². The molecule has 3 nitrogen and oxygen atoms in total. The van der Waals surface area contributed by atoms with E-state index in [0.717, 1.165) is 22.5 Å². The number of anilines is 1. The van der Waals surface area contributed by atoms with Gasteiger partial charge in [0.1, 0.15) is 0 Å². The summed E-state index contributed by atoms with van der Waals surface area (Å²) in [5, 5.41) is 4.52. The van der Waals surface area contributed by atoms with Crippen LogP contribution in [0.25, 0.3) is 10.9 Å². The van der Waals surface area contributed by atoms with Crippen LogP contribution in [-0.2, 0) is 4.79 Å². The fourth-order valence-corrected chi connectivity index (χ4v) is 2.31. The zero-order valence-electron chi connectivity index (χ0n) is 12.1. The van der Waals surface area contributed by atoms with Crippen molar-refractivity contribution in [3.63, 3.8) is 0 Å². The number of nitrogens with one attached hydrogen (secondary N) is 2. The molecule has 0 aliphatic rings. The molecule has 2 N–H and O–H groups in total. The highest BCUT2D eigenvalue weighted by molar-refractivity contribution is 5.90. The predicted molar refractivity (Wildman–Crippen MR) is 80.6 cm³/mol. The number of carbonyl (C=O) groups excluding carboxylic acids is 1. The van der Waals surface area contributed by atoms with Crippen LogP contribution in [0.3, 0.4) is 0 Å². The summed E-state index contributed by atoms with van der Waals surface area (Å²) in [6, 6.07) is 4.28. The molecule has 0 saturated carbocycles. The van der Waals surface area contributed by atoms with Crippen molar-refractivity contribution in [2.24, 2.45) is 0 Å². The van der Waals surface area contributed by atoms with Gasteiger partial charge in [0.05, 0.1) is 0 Å². The van der Waals surface area contributed by atoms with E-state index in [0.29, 0.717) is 0 Å². The van der Waals surface area contributed by atoms with Crippen molar-refractivity contribution in [3.8, 4) is 0 Å². The van der Waals surface area contributed by atoms with Gasteiger partial charge in [-0.2, -0.15) is 0 Å². The first-order chi connectivity index (χ1) is 8.88. The smallest absolute Gasteiger partial charge is 0.154 e. The molecule has 0 bridgehead atoms. The Kier molecular flexibility index (Phi) is 3.47. The van der Waals surface area contributed by atoms with Crippen molar-refractivity contribution >= 4 is 22.4 Å². The number of carbonyl (C=O) groups is 1. The second-order valence-electron chi connectivity index (χ2n) is 5.15. The molecular weight excluding hydrogens is 236 g/mol. The number of benzene rings is 1. The Balaban J connectivity index is 2.46. The molecule has 0 amide bonds. The Bertz CT molecular complexity index is 678. The molecule has 0 aliphatic carbocycles. The third-order valence-electron chi connectivity index (χ3n) is 3.40. The minimum atomic E-state index is 0.0531. The van der Waals surface area contributed by atoms with Crippen LogP contribution in [0.1, 0.15) is 30.7 Å². The Morgan fingerprint density at radius 3 is 2.53 bits per heavy atom. The lowest BCUT2D eigenvalue weighted by atomic mass is 10.1. The molecule has 3 heteroatoms. The molecule has 0 fully saturated rings. The van der Waals surface area contributed by atoms with Gasteiger partial charge in [-0.1, -0.05) is 0 Å². The zero-order valence-corrected chi connectivity index (χ0v) is 12.1. The second kappa shape index (κ2) is 4.92. The first kappa shape index (κ1) is 13.4. The second-order valence-corrected chi connectivity index (χ2v) is 5.15. The molecule has 1 aromatic heterocycles. The fourth-order valence-electron chi connectivity index (χ4n) is 2.31. The molecular formula is C16H20N2O. The number of ketones is 1. The largest absolute Gasteiger partial charge is 0.359 e. The standard InChI is InChI=1S/C16H20N2O/c1-9-6-16-14(12(4)13(5)18-16)8-15(9)17-10(2)7-11(3)19/h6-8,17-18H,1-5H3/b10-7+. The molecule has 2 rings (SSSR count). The van der Waals surface area contributed by atoms with E-state index >= 15 is 0 Å². The average molecular weight is 256 g/mol. The quantitative estimate of drug-likeness (QED) is 0.815. The van der Waals surface area contributed by atoms with Crippen LogP contribution in [0.5, 0.6) is 0 Å². The summed E-state index contributed by atoms with van der Waals surface area (Å²) in [5.74, 6) is 0.0531. The Morgan fingerprint density at radius 1 is 1.21 bits per heavy atom. The Labute approximate surface area is 113 Å². The Morgan fingerprint density at radius 2 is 1.89 bits per heavy atom. The molecule has 1 heterocycles. The molecule has 100 valence electrons. The van der Waals surface area contributed by atoms with Crippen LogP contribution >= 0.6 is 0 Å². The summed E-state index contributed by atoms with van der Waals surface area (Å²) in [6.45, 7) is 9.72. The third-order valence-corrected chi connectivity index (χ3v) is 3.40. The maximum Gasteiger partial charge on any atom is 0.154 e. The number of fused-ring (bicyclic) bond motifs is 1. The van der Waals surface area contributed by atoms with Crippen molar-refractivity contribution in [3.05, 3.63) is 40.7 Å². The Hall–Kier alpha value is -2.03. The monoisotopic (exact) mass is 256 g/mol. The number of aromatic nitrogens is 1. The number of aromatic amines is 1. The lowest BCUT2D eigenvalue weighted by molar-refractivity contribution is -0.112. The van der Waals surface area contributed by atoms with Crippen molar-refractivity contribution < 1.29 is 4.79 Å². The van der Waals surface area contributed by atoms with Gasteiger partial charge in [-0.3, -0.25) is 4.79 Å². The van der Waals surface area contributed by atoms with Gasteiger partial charge >= 0.3 is 0 Å². The van der Waals surface area contributed by atoms with Crippen molar-refractivity contribution in [2.45, 2.75) is 34.6 Å². The maximum absolute atomic E-state index is 11.1. The lowest BCUT2D eigenvalue weighted by Gasteiger charge is -2.10. The van der Waals surface area contributed by atoms with Crippen LogP contribution in [0.15, 0.2) is 23.9 Å². The number of aryl methyl sites for hydroxylation is 3. The molecule has 0 radical (unpaired) electrons. The van der Waals surface area contributed by atoms with Gasteiger partial charge in [0.2, 0.25) is 0 Å². The van der Waals surface area contributed by atoms with E-state index in [1.54, 1.807) is 13.0 Å². The minimum Gasteiger partial charge on any atom is -0.359 e. The van der Waals surface area contributed by atoms with Gasteiger partial charge in [0, 0.05) is 28.0 Å². The van der Waals surface area contributed by atoms with E-state index in [-0.39, 0.29) is 5.78 Å². The number of hydrogen-bond donors (Lipinski definition) is 2. The highest BCUT2D eigenvalue weighted by atomic mass is 16.1. The van der Waals surface area contributed by atoms with Crippen molar-refractivity contribution in [1.29, 1.82) is 0 Å². The van der Waals surface area contributed by atoms with E-state index in [1.165, 1.54) is 16.6 Å². The van der Waals surface area contributed by atoms with Crippen LogP contribution < -0.4 is 5.32 Å². The SMILES string of the molecule is CC(=O)/C=C(\C)Nc1cc2c(C)c(C)[nH]c2cc1C. The highest BCUT2D eigenvalue weighted by Gasteiger charge is 2.08. The van der Waals surface area contributed by atoms with Gasteiger partial charge in [-0.25, -0.2) is 0 Å². The molecule has 0 atom stereocenters. The summed E-state index contributed by atoms with van der Waals surface area (Å²) in [4.78, 5) is 14.5. The maximum atomic E-state index is 11.1. The van der Waals surface area contributed by atoms with Crippen molar-refractivity contribution in [2.75, 3.05) is 5.32 Å². The van der Waals surface area contributed by atoms with E-state index in [1.807, 2.05) is 6.92 Å². The van der Waals surface area contributed by atoms with Gasteiger partial charge < -0.3 is 10.3 Å². The molecule has 0 aliphatic heterocycles. The van der Waals surface area contributed by atoms with Crippen molar-refractivity contribution in [1.82, 2.24) is 4.98 Å². The molecule has 19 heavy (non-hydrogen) atoms. The van der Waals surface area contributed by atoms with Crippen LogP contribution in [-0.4, -0.2) is 10.8 Å². The summed E-state index contributed by atoms with van der Waals surface area (Å²) < 4.78 is 0. The van der Waals surface area contributed by atoms with E-state index < -0.39 is 0 Å². The minimum absolute atomic E-state index is 0.0531. The normalized spacial score (nSPS) is 11.9. The van der Waals surface area contributed by atoms with Crippen LogP contribution in [0.4, 0.5) is 5.69 Å². The molecule has 0 unspecified atom stereocenters.